The molecule has 0 N–H and O–H groups in total. The largest absolute Gasteiger partial charge is 0.461 e. The number of carbonyl (C=O) groups excluding carboxylic acids is 1. The SMILES string of the molecule is O=C(OCc1ccccc1)[C@H]1CCCOC1. The Morgan fingerprint density at radius 2 is 2.19 bits per heavy atom. The normalized spacial score (nSPS) is 20.4. The van der Waals surface area contributed by atoms with Crippen molar-refractivity contribution in [2.75, 3.05) is 13.2 Å². The number of esters is 1. The van der Waals surface area contributed by atoms with E-state index in [1.165, 1.54) is 0 Å². The van der Waals surface area contributed by atoms with Crippen LogP contribution < -0.4 is 0 Å². The summed E-state index contributed by atoms with van der Waals surface area (Å²) in [5.41, 5.74) is 1.02. The van der Waals surface area contributed by atoms with Gasteiger partial charge in [0.1, 0.15) is 6.61 Å². The highest BCUT2D eigenvalue weighted by atomic mass is 16.5. The van der Waals surface area contributed by atoms with E-state index in [9.17, 15) is 4.79 Å². The standard InChI is InChI=1S/C13H16O3/c14-13(12-7-4-8-15-10-12)16-9-11-5-2-1-3-6-11/h1-3,5-6,12H,4,7-10H2/t12-/m0/s1. The summed E-state index contributed by atoms with van der Waals surface area (Å²) in [6.45, 7) is 1.63. The van der Waals surface area contributed by atoms with Crippen molar-refractivity contribution in [3.8, 4) is 0 Å². The lowest BCUT2D eigenvalue weighted by Gasteiger charge is -2.20. The lowest BCUT2D eigenvalue weighted by atomic mass is 10.0. The van der Waals surface area contributed by atoms with Crippen LogP contribution in [0.4, 0.5) is 0 Å². The topological polar surface area (TPSA) is 35.5 Å². The van der Waals surface area contributed by atoms with Crippen molar-refractivity contribution in [3.05, 3.63) is 35.9 Å². The van der Waals surface area contributed by atoms with Gasteiger partial charge < -0.3 is 9.47 Å². The molecule has 0 unspecified atom stereocenters. The number of ether oxygens (including phenoxy) is 2. The zero-order valence-corrected chi connectivity index (χ0v) is 9.22. The van der Waals surface area contributed by atoms with Gasteiger partial charge in [-0.15, -0.1) is 0 Å². The zero-order valence-electron chi connectivity index (χ0n) is 9.22. The van der Waals surface area contributed by atoms with Gasteiger partial charge in [0, 0.05) is 6.61 Å². The van der Waals surface area contributed by atoms with Crippen molar-refractivity contribution in [2.24, 2.45) is 5.92 Å². The summed E-state index contributed by atoms with van der Waals surface area (Å²) in [6.07, 6.45) is 1.83. The molecule has 0 aliphatic carbocycles. The summed E-state index contributed by atoms with van der Waals surface area (Å²) in [7, 11) is 0. The summed E-state index contributed by atoms with van der Waals surface area (Å²) in [4.78, 5) is 11.7. The Labute approximate surface area is 95.4 Å². The molecule has 1 fully saturated rings. The van der Waals surface area contributed by atoms with E-state index >= 15 is 0 Å². The van der Waals surface area contributed by atoms with E-state index in [1.54, 1.807) is 0 Å². The van der Waals surface area contributed by atoms with Gasteiger partial charge in [-0.25, -0.2) is 0 Å². The van der Waals surface area contributed by atoms with Crippen LogP contribution in [0.25, 0.3) is 0 Å². The van der Waals surface area contributed by atoms with Crippen LogP contribution in [0.1, 0.15) is 18.4 Å². The molecule has 1 heterocycles. The number of rotatable bonds is 3. The molecular weight excluding hydrogens is 204 g/mol. The molecule has 86 valence electrons. The molecule has 0 bridgehead atoms. The van der Waals surface area contributed by atoms with Crippen LogP contribution in [0.3, 0.4) is 0 Å². The molecule has 2 rings (SSSR count). The van der Waals surface area contributed by atoms with Gasteiger partial charge >= 0.3 is 5.97 Å². The smallest absolute Gasteiger partial charge is 0.311 e. The second-order valence-electron chi connectivity index (χ2n) is 4.01. The molecule has 1 aromatic carbocycles. The molecule has 0 saturated carbocycles. The zero-order chi connectivity index (χ0) is 11.2. The Bertz CT molecular complexity index is 328. The Kier molecular flexibility index (Phi) is 3.94. The first kappa shape index (κ1) is 11.1. The van der Waals surface area contributed by atoms with Gasteiger partial charge in [-0.05, 0) is 18.4 Å². The van der Waals surface area contributed by atoms with E-state index in [4.69, 9.17) is 9.47 Å². The van der Waals surface area contributed by atoms with Gasteiger partial charge in [-0.1, -0.05) is 30.3 Å². The van der Waals surface area contributed by atoms with Crippen molar-refractivity contribution in [1.29, 1.82) is 0 Å². The van der Waals surface area contributed by atoms with Crippen LogP contribution in [0.5, 0.6) is 0 Å². The van der Waals surface area contributed by atoms with Crippen LogP contribution in [0, 0.1) is 5.92 Å². The predicted octanol–water partition coefficient (Wildman–Crippen LogP) is 2.16. The van der Waals surface area contributed by atoms with E-state index in [0.29, 0.717) is 13.2 Å². The fourth-order valence-electron chi connectivity index (χ4n) is 1.77. The fraction of sp³-hybridized carbons (Fsp3) is 0.462. The average Bonchev–Trinajstić information content (AvgIpc) is 2.38. The van der Waals surface area contributed by atoms with E-state index in [2.05, 4.69) is 0 Å². The first-order valence-electron chi connectivity index (χ1n) is 5.64. The lowest BCUT2D eigenvalue weighted by molar-refractivity contribution is -0.154. The molecule has 0 spiro atoms. The summed E-state index contributed by atoms with van der Waals surface area (Å²) in [5.74, 6) is -0.207. The summed E-state index contributed by atoms with van der Waals surface area (Å²) in [5, 5.41) is 0. The summed E-state index contributed by atoms with van der Waals surface area (Å²) in [6, 6.07) is 9.72. The molecule has 1 aromatic rings. The summed E-state index contributed by atoms with van der Waals surface area (Å²) >= 11 is 0. The molecule has 1 atom stereocenters. The van der Waals surface area contributed by atoms with Crippen LogP contribution in [-0.2, 0) is 20.9 Å². The maximum Gasteiger partial charge on any atom is 0.311 e. The monoisotopic (exact) mass is 220 g/mol. The maximum atomic E-state index is 11.7. The molecular formula is C13H16O3. The van der Waals surface area contributed by atoms with Crippen molar-refractivity contribution in [2.45, 2.75) is 19.4 Å². The number of hydrogen-bond acceptors (Lipinski definition) is 3. The molecule has 1 saturated heterocycles. The molecule has 0 radical (unpaired) electrons. The highest BCUT2D eigenvalue weighted by molar-refractivity contribution is 5.72. The van der Waals surface area contributed by atoms with Gasteiger partial charge in [0.15, 0.2) is 0 Å². The Morgan fingerprint density at radius 1 is 1.38 bits per heavy atom. The van der Waals surface area contributed by atoms with Gasteiger partial charge in [0.25, 0.3) is 0 Å². The van der Waals surface area contributed by atoms with Crippen molar-refractivity contribution < 1.29 is 14.3 Å². The first-order valence-corrected chi connectivity index (χ1v) is 5.64. The minimum Gasteiger partial charge on any atom is -0.461 e. The van der Waals surface area contributed by atoms with E-state index in [1.807, 2.05) is 30.3 Å². The van der Waals surface area contributed by atoms with Gasteiger partial charge in [-0.3, -0.25) is 4.79 Å². The third-order valence-corrected chi connectivity index (χ3v) is 2.72. The van der Waals surface area contributed by atoms with Crippen LogP contribution in [-0.4, -0.2) is 19.2 Å². The number of hydrogen-bond donors (Lipinski definition) is 0. The van der Waals surface area contributed by atoms with Crippen molar-refractivity contribution >= 4 is 5.97 Å². The Hall–Kier alpha value is -1.35. The van der Waals surface area contributed by atoms with E-state index in [-0.39, 0.29) is 11.9 Å². The molecule has 1 aliphatic heterocycles. The van der Waals surface area contributed by atoms with Gasteiger partial charge in [0.05, 0.1) is 12.5 Å². The molecule has 3 nitrogen and oxygen atoms in total. The fourth-order valence-corrected chi connectivity index (χ4v) is 1.77. The molecule has 0 aromatic heterocycles. The Morgan fingerprint density at radius 3 is 2.88 bits per heavy atom. The quantitative estimate of drug-likeness (QED) is 0.732. The average molecular weight is 220 g/mol. The van der Waals surface area contributed by atoms with Crippen LogP contribution in [0.2, 0.25) is 0 Å². The van der Waals surface area contributed by atoms with Crippen molar-refractivity contribution in [3.63, 3.8) is 0 Å². The van der Waals surface area contributed by atoms with E-state index in [0.717, 1.165) is 25.0 Å². The van der Waals surface area contributed by atoms with Gasteiger partial charge in [0.2, 0.25) is 0 Å². The van der Waals surface area contributed by atoms with Crippen LogP contribution in [0.15, 0.2) is 30.3 Å². The van der Waals surface area contributed by atoms with Crippen molar-refractivity contribution in [1.82, 2.24) is 0 Å². The number of benzene rings is 1. The molecule has 0 amide bonds. The third kappa shape index (κ3) is 3.07. The minimum atomic E-state index is -0.136. The second-order valence-corrected chi connectivity index (χ2v) is 4.01. The van der Waals surface area contributed by atoms with E-state index < -0.39 is 0 Å². The maximum absolute atomic E-state index is 11.7. The van der Waals surface area contributed by atoms with Gasteiger partial charge in [-0.2, -0.15) is 0 Å². The highest BCUT2D eigenvalue weighted by Gasteiger charge is 2.22. The lowest BCUT2D eigenvalue weighted by Crippen LogP contribution is -2.26. The highest BCUT2D eigenvalue weighted by Crippen LogP contribution is 2.15. The molecule has 1 aliphatic rings. The minimum absolute atomic E-state index is 0.0718. The first-order chi connectivity index (χ1) is 7.86. The van der Waals surface area contributed by atoms with Crippen LogP contribution >= 0.6 is 0 Å². The predicted molar refractivity (Wildman–Crippen MR) is 59.8 cm³/mol. The molecule has 3 heteroatoms. The second kappa shape index (κ2) is 5.66. The number of carbonyl (C=O) groups is 1. The Balaban J connectivity index is 1.79. The summed E-state index contributed by atoms with van der Waals surface area (Å²) < 4.78 is 10.5. The molecule has 16 heavy (non-hydrogen) atoms. The third-order valence-electron chi connectivity index (χ3n) is 2.72.